The van der Waals surface area contributed by atoms with E-state index in [9.17, 15) is 4.79 Å². The van der Waals surface area contributed by atoms with Gasteiger partial charge >= 0.3 is 5.97 Å². The van der Waals surface area contributed by atoms with Crippen molar-refractivity contribution in [2.45, 2.75) is 26.3 Å². The van der Waals surface area contributed by atoms with Crippen LogP contribution in [0.15, 0.2) is 12.4 Å². The van der Waals surface area contributed by atoms with Crippen LogP contribution < -0.4 is 10.2 Å². The maximum absolute atomic E-state index is 10.5. The van der Waals surface area contributed by atoms with Crippen molar-refractivity contribution in [1.82, 2.24) is 9.97 Å². The molecule has 0 saturated heterocycles. The van der Waals surface area contributed by atoms with E-state index >= 15 is 0 Å². The Labute approximate surface area is 101 Å². The molecule has 6 nitrogen and oxygen atoms in total. The lowest BCUT2D eigenvalue weighted by Crippen LogP contribution is -2.21. The smallest absolute Gasteiger partial charge is 0.305 e. The summed E-state index contributed by atoms with van der Waals surface area (Å²) in [6.07, 6.45) is 1.53. The molecule has 0 aliphatic carbocycles. The van der Waals surface area contributed by atoms with E-state index in [1.54, 1.807) is 6.92 Å². The molecule has 1 aromatic heterocycles. The Bertz CT molecular complexity index is 383. The molecule has 1 atom stereocenters. The molecule has 0 spiro atoms. The van der Waals surface area contributed by atoms with Gasteiger partial charge in [0.15, 0.2) is 0 Å². The molecule has 1 aromatic rings. The van der Waals surface area contributed by atoms with Gasteiger partial charge in [-0.05, 0) is 13.8 Å². The molecule has 0 amide bonds. The van der Waals surface area contributed by atoms with Gasteiger partial charge < -0.3 is 15.3 Å². The minimum absolute atomic E-state index is 0.0585. The highest BCUT2D eigenvalue weighted by atomic mass is 16.4. The third-order valence-corrected chi connectivity index (χ3v) is 2.39. The second-order valence-electron chi connectivity index (χ2n) is 3.92. The Hall–Kier alpha value is -1.85. The fourth-order valence-electron chi connectivity index (χ4n) is 1.36. The number of nitrogens with zero attached hydrogens (tertiary/aromatic N) is 3. The third-order valence-electron chi connectivity index (χ3n) is 2.39. The fraction of sp³-hybridized carbons (Fsp3) is 0.545. The van der Waals surface area contributed by atoms with Gasteiger partial charge in [0.05, 0.1) is 6.42 Å². The molecule has 6 heteroatoms. The Morgan fingerprint density at radius 2 is 2.29 bits per heavy atom. The third kappa shape index (κ3) is 4.26. The molecular formula is C11H18N4O2. The van der Waals surface area contributed by atoms with E-state index in [2.05, 4.69) is 15.3 Å². The molecule has 1 rings (SSSR count). The van der Waals surface area contributed by atoms with Gasteiger partial charge in [0.2, 0.25) is 0 Å². The normalized spacial score (nSPS) is 11.9. The van der Waals surface area contributed by atoms with Crippen molar-refractivity contribution < 1.29 is 9.90 Å². The Kier molecular flexibility index (Phi) is 4.68. The van der Waals surface area contributed by atoms with Crippen molar-refractivity contribution in [3.63, 3.8) is 0 Å². The summed E-state index contributed by atoms with van der Waals surface area (Å²) >= 11 is 0. The number of hydrogen-bond acceptors (Lipinski definition) is 5. The summed E-state index contributed by atoms with van der Waals surface area (Å²) in [5, 5.41) is 11.7. The van der Waals surface area contributed by atoms with Gasteiger partial charge in [-0.15, -0.1) is 0 Å². The fourth-order valence-corrected chi connectivity index (χ4v) is 1.36. The molecular weight excluding hydrogens is 220 g/mol. The zero-order valence-corrected chi connectivity index (χ0v) is 10.3. The van der Waals surface area contributed by atoms with Crippen LogP contribution in [0.3, 0.4) is 0 Å². The lowest BCUT2D eigenvalue weighted by molar-refractivity contribution is -0.137. The van der Waals surface area contributed by atoms with Crippen LogP contribution in [0.4, 0.5) is 11.6 Å². The summed E-state index contributed by atoms with van der Waals surface area (Å²) in [6, 6.07) is 1.64. The highest BCUT2D eigenvalue weighted by molar-refractivity contribution is 5.68. The summed E-state index contributed by atoms with van der Waals surface area (Å²) in [5.41, 5.74) is 0. The first-order chi connectivity index (χ1) is 8.02. The number of aromatic nitrogens is 2. The number of rotatable bonds is 6. The van der Waals surface area contributed by atoms with Crippen LogP contribution in [-0.4, -0.2) is 40.7 Å². The van der Waals surface area contributed by atoms with Crippen molar-refractivity contribution in [3.8, 4) is 0 Å². The molecule has 1 unspecified atom stereocenters. The van der Waals surface area contributed by atoms with Gasteiger partial charge in [-0.1, -0.05) is 0 Å². The molecule has 0 saturated carbocycles. The quantitative estimate of drug-likeness (QED) is 0.775. The number of carboxylic acids is 1. The molecule has 94 valence electrons. The second-order valence-corrected chi connectivity index (χ2v) is 3.92. The van der Waals surface area contributed by atoms with E-state index in [0.29, 0.717) is 5.82 Å². The largest absolute Gasteiger partial charge is 0.481 e. The highest BCUT2D eigenvalue weighted by Crippen LogP contribution is 2.13. The lowest BCUT2D eigenvalue weighted by atomic mass is 10.2. The number of hydrogen-bond donors (Lipinski definition) is 2. The first kappa shape index (κ1) is 13.2. The molecule has 0 radical (unpaired) electrons. The zero-order chi connectivity index (χ0) is 12.8. The molecule has 0 fully saturated rings. The number of aliphatic carboxylic acids is 1. The standard InChI is InChI=1S/C11H18N4O2/c1-4-15(3)10-6-9(12-7-13-10)14-8(2)5-11(16)17/h6-8H,4-5H2,1-3H3,(H,16,17)(H,12,13,14). The van der Waals surface area contributed by atoms with Crippen molar-refractivity contribution in [1.29, 1.82) is 0 Å². The van der Waals surface area contributed by atoms with Gasteiger partial charge in [-0.25, -0.2) is 9.97 Å². The van der Waals surface area contributed by atoms with Crippen molar-refractivity contribution in [2.75, 3.05) is 23.8 Å². The lowest BCUT2D eigenvalue weighted by Gasteiger charge is -2.17. The number of carboxylic acid groups (broad SMARTS) is 1. The van der Waals surface area contributed by atoms with E-state index < -0.39 is 5.97 Å². The number of nitrogens with one attached hydrogen (secondary N) is 1. The van der Waals surface area contributed by atoms with Gasteiger partial charge in [-0.3, -0.25) is 4.79 Å². The van der Waals surface area contributed by atoms with E-state index in [0.717, 1.165) is 12.4 Å². The van der Waals surface area contributed by atoms with Crippen molar-refractivity contribution in [3.05, 3.63) is 12.4 Å². The number of anilines is 2. The summed E-state index contributed by atoms with van der Waals surface area (Å²) in [5.74, 6) is 0.626. The average molecular weight is 238 g/mol. The monoisotopic (exact) mass is 238 g/mol. The van der Waals surface area contributed by atoms with Crippen LogP contribution in [-0.2, 0) is 4.79 Å². The summed E-state index contributed by atoms with van der Waals surface area (Å²) in [6.45, 7) is 4.68. The molecule has 0 aliphatic rings. The van der Waals surface area contributed by atoms with Gasteiger partial charge in [0.25, 0.3) is 0 Å². The molecule has 0 bridgehead atoms. The minimum atomic E-state index is -0.829. The summed E-state index contributed by atoms with van der Waals surface area (Å²) in [7, 11) is 1.94. The van der Waals surface area contributed by atoms with E-state index in [1.165, 1.54) is 6.33 Å². The highest BCUT2D eigenvalue weighted by Gasteiger charge is 2.09. The topological polar surface area (TPSA) is 78.4 Å². The maximum Gasteiger partial charge on any atom is 0.305 e. The molecule has 1 heterocycles. The van der Waals surface area contributed by atoms with Crippen molar-refractivity contribution >= 4 is 17.6 Å². The first-order valence-corrected chi connectivity index (χ1v) is 5.54. The zero-order valence-electron chi connectivity index (χ0n) is 10.3. The van der Waals surface area contributed by atoms with E-state index in [4.69, 9.17) is 5.11 Å². The number of carbonyl (C=O) groups is 1. The Morgan fingerprint density at radius 1 is 1.59 bits per heavy atom. The predicted molar refractivity (Wildman–Crippen MR) is 66.3 cm³/mol. The van der Waals surface area contributed by atoms with E-state index in [-0.39, 0.29) is 12.5 Å². The van der Waals surface area contributed by atoms with Crippen LogP contribution in [0.2, 0.25) is 0 Å². The minimum Gasteiger partial charge on any atom is -0.481 e. The molecule has 0 aliphatic heterocycles. The summed E-state index contributed by atoms with van der Waals surface area (Å²) in [4.78, 5) is 20.7. The second kappa shape index (κ2) is 6.03. The van der Waals surface area contributed by atoms with Gasteiger partial charge in [0.1, 0.15) is 18.0 Å². The van der Waals surface area contributed by atoms with Gasteiger partial charge in [-0.2, -0.15) is 0 Å². The SMILES string of the molecule is CCN(C)c1cc(NC(C)CC(=O)O)ncn1. The maximum atomic E-state index is 10.5. The Balaban J connectivity index is 2.68. The predicted octanol–water partition coefficient (Wildman–Crippen LogP) is 1.21. The van der Waals surface area contributed by atoms with Crippen LogP contribution in [0.25, 0.3) is 0 Å². The van der Waals surface area contributed by atoms with Crippen LogP contribution in [0.1, 0.15) is 20.3 Å². The van der Waals surface area contributed by atoms with E-state index in [1.807, 2.05) is 24.9 Å². The molecule has 0 aromatic carbocycles. The Morgan fingerprint density at radius 3 is 2.88 bits per heavy atom. The van der Waals surface area contributed by atoms with Crippen LogP contribution in [0.5, 0.6) is 0 Å². The van der Waals surface area contributed by atoms with Crippen LogP contribution >= 0.6 is 0 Å². The average Bonchev–Trinajstić information content (AvgIpc) is 2.27. The summed E-state index contributed by atoms with van der Waals surface area (Å²) < 4.78 is 0. The van der Waals surface area contributed by atoms with Crippen LogP contribution in [0, 0.1) is 0 Å². The molecule has 17 heavy (non-hydrogen) atoms. The van der Waals surface area contributed by atoms with Crippen molar-refractivity contribution in [2.24, 2.45) is 0 Å². The first-order valence-electron chi connectivity index (χ1n) is 5.54. The molecule has 2 N–H and O–H groups in total. The van der Waals surface area contributed by atoms with Gasteiger partial charge in [0, 0.05) is 25.7 Å².